The van der Waals surface area contributed by atoms with Gasteiger partial charge in [-0.25, -0.2) is 0 Å². The van der Waals surface area contributed by atoms with Gasteiger partial charge in [0.15, 0.2) is 0 Å². The first-order valence-electron chi connectivity index (χ1n) is 4.62. The third-order valence-corrected chi connectivity index (χ3v) is 1.48. The molecule has 1 amide bonds. The number of amides is 1. The van der Waals surface area contributed by atoms with Crippen molar-refractivity contribution in [1.29, 1.82) is 0 Å². The van der Waals surface area contributed by atoms with Crippen LogP contribution in [0.3, 0.4) is 0 Å². The van der Waals surface area contributed by atoms with E-state index in [0.29, 0.717) is 6.42 Å². The summed E-state index contributed by atoms with van der Waals surface area (Å²) in [6.07, 6.45) is -0.0629. The Hall–Kier alpha value is -0.610. The quantitative estimate of drug-likeness (QED) is 0.631. The summed E-state index contributed by atoms with van der Waals surface area (Å²) in [7, 11) is 0. The van der Waals surface area contributed by atoms with E-state index in [-0.39, 0.29) is 25.2 Å². The maximum atomic E-state index is 10.8. The molecule has 4 nitrogen and oxygen atoms in total. The molecule has 2 N–H and O–H groups in total. The zero-order chi connectivity index (χ0) is 10.3. The number of hydrogen-bond acceptors (Lipinski definition) is 3. The Bertz CT molecular complexity index is 148. The molecule has 0 aromatic carbocycles. The molecule has 0 aromatic rings. The highest BCUT2D eigenvalue weighted by Crippen LogP contribution is 1.90. The highest BCUT2D eigenvalue weighted by Gasteiger charge is 2.06. The van der Waals surface area contributed by atoms with Gasteiger partial charge in [0.1, 0.15) is 0 Å². The maximum absolute atomic E-state index is 10.8. The highest BCUT2D eigenvalue weighted by molar-refractivity contribution is 5.75. The van der Waals surface area contributed by atoms with Crippen molar-refractivity contribution in [2.24, 2.45) is 0 Å². The van der Waals surface area contributed by atoms with Crippen LogP contribution in [0.5, 0.6) is 0 Å². The molecule has 0 saturated heterocycles. The molecule has 0 aliphatic rings. The molecule has 0 aliphatic carbocycles. The van der Waals surface area contributed by atoms with Crippen LogP contribution in [0.1, 0.15) is 27.2 Å². The Morgan fingerprint density at radius 3 is 2.62 bits per heavy atom. The van der Waals surface area contributed by atoms with Crippen LogP contribution in [0.15, 0.2) is 0 Å². The van der Waals surface area contributed by atoms with Crippen molar-refractivity contribution < 1.29 is 14.6 Å². The van der Waals surface area contributed by atoms with Gasteiger partial charge < -0.3 is 15.2 Å². The van der Waals surface area contributed by atoms with E-state index < -0.39 is 6.10 Å². The molecule has 0 fully saturated rings. The standard InChI is InChI=1S/C9H19NO3/c1-4-9(12)10-5-8(11)6-13-7(2)3/h7-8,11H,4-6H2,1-3H3,(H,10,12). The summed E-state index contributed by atoms with van der Waals surface area (Å²) in [6, 6.07) is 0. The van der Waals surface area contributed by atoms with Crippen molar-refractivity contribution in [3.05, 3.63) is 0 Å². The number of carbonyl (C=O) groups excluding carboxylic acids is 1. The molecule has 1 unspecified atom stereocenters. The summed E-state index contributed by atoms with van der Waals surface area (Å²) in [6.45, 7) is 6.10. The zero-order valence-corrected chi connectivity index (χ0v) is 8.54. The average molecular weight is 189 g/mol. The van der Waals surface area contributed by atoms with E-state index in [2.05, 4.69) is 5.32 Å². The van der Waals surface area contributed by atoms with Crippen molar-refractivity contribution >= 4 is 5.91 Å². The van der Waals surface area contributed by atoms with E-state index in [4.69, 9.17) is 4.74 Å². The molecule has 0 spiro atoms. The second kappa shape index (κ2) is 6.86. The van der Waals surface area contributed by atoms with Crippen molar-refractivity contribution in [3.63, 3.8) is 0 Å². The highest BCUT2D eigenvalue weighted by atomic mass is 16.5. The Morgan fingerprint density at radius 2 is 2.15 bits per heavy atom. The number of carbonyl (C=O) groups is 1. The molecular formula is C9H19NO3. The molecule has 78 valence electrons. The van der Waals surface area contributed by atoms with Gasteiger partial charge in [-0.3, -0.25) is 4.79 Å². The first-order valence-corrected chi connectivity index (χ1v) is 4.62. The predicted octanol–water partition coefficient (Wildman–Crippen LogP) is 0.298. The van der Waals surface area contributed by atoms with Crippen molar-refractivity contribution in [2.45, 2.75) is 39.4 Å². The summed E-state index contributed by atoms with van der Waals surface area (Å²) in [4.78, 5) is 10.8. The second-order valence-electron chi connectivity index (χ2n) is 3.19. The Labute approximate surface area is 79.3 Å². The zero-order valence-electron chi connectivity index (χ0n) is 8.54. The fourth-order valence-corrected chi connectivity index (χ4v) is 0.719. The summed E-state index contributed by atoms with van der Waals surface area (Å²) < 4.78 is 5.17. The molecule has 0 saturated carbocycles. The molecule has 0 bridgehead atoms. The lowest BCUT2D eigenvalue weighted by Gasteiger charge is -2.13. The van der Waals surface area contributed by atoms with Crippen LogP contribution in [0.4, 0.5) is 0 Å². The Kier molecular flexibility index (Phi) is 6.54. The number of rotatable bonds is 6. The molecule has 13 heavy (non-hydrogen) atoms. The van der Waals surface area contributed by atoms with Gasteiger partial charge in [0.05, 0.1) is 18.8 Å². The van der Waals surface area contributed by atoms with E-state index >= 15 is 0 Å². The third kappa shape index (κ3) is 7.74. The second-order valence-corrected chi connectivity index (χ2v) is 3.19. The van der Waals surface area contributed by atoms with Gasteiger partial charge in [0.2, 0.25) is 5.91 Å². The van der Waals surface area contributed by atoms with Gasteiger partial charge in [-0.2, -0.15) is 0 Å². The number of ether oxygens (including phenoxy) is 1. The van der Waals surface area contributed by atoms with Gasteiger partial charge in [0.25, 0.3) is 0 Å². The fourth-order valence-electron chi connectivity index (χ4n) is 0.719. The van der Waals surface area contributed by atoms with Gasteiger partial charge >= 0.3 is 0 Å². The minimum absolute atomic E-state index is 0.0522. The largest absolute Gasteiger partial charge is 0.389 e. The minimum atomic E-state index is -0.613. The Balaban J connectivity index is 3.40. The van der Waals surface area contributed by atoms with Gasteiger partial charge in [-0.1, -0.05) is 6.92 Å². The summed E-state index contributed by atoms with van der Waals surface area (Å²) in [5, 5.41) is 11.9. The van der Waals surface area contributed by atoms with Crippen LogP contribution in [-0.2, 0) is 9.53 Å². The molecule has 4 heteroatoms. The lowest BCUT2D eigenvalue weighted by atomic mass is 10.3. The SMILES string of the molecule is CCC(=O)NCC(O)COC(C)C. The average Bonchev–Trinajstić information content (AvgIpc) is 2.10. The normalized spacial score (nSPS) is 13.0. The molecule has 0 rings (SSSR count). The predicted molar refractivity (Wildman–Crippen MR) is 50.4 cm³/mol. The first-order chi connectivity index (χ1) is 6.06. The van der Waals surface area contributed by atoms with E-state index in [1.54, 1.807) is 6.92 Å². The van der Waals surface area contributed by atoms with Crippen LogP contribution < -0.4 is 5.32 Å². The third-order valence-electron chi connectivity index (χ3n) is 1.48. The molecule has 1 atom stereocenters. The number of aliphatic hydroxyl groups is 1. The van der Waals surface area contributed by atoms with Crippen LogP contribution in [-0.4, -0.2) is 36.4 Å². The van der Waals surface area contributed by atoms with E-state index in [1.807, 2.05) is 13.8 Å². The topological polar surface area (TPSA) is 58.6 Å². The smallest absolute Gasteiger partial charge is 0.219 e. The molecule has 0 radical (unpaired) electrons. The first kappa shape index (κ1) is 12.4. The molecular weight excluding hydrogens is 170 g/mol. The molecule has 0 aliphatic heterocycles. The molecule has 0 heterocycles. The Morgan fingerprint density at radius 1 is 1.54 bits per heavy atom. The van der Waals surface area contributed by atoms with Gasteiger partial charge in [0, 0.05) is 13.0 Å². The van der Waals surface area contributed by atoms with Crippen LogP contribution in [0, 0.1) is 0 Å². The lowest BCUT2D eigenvalue weighted by molar-refractivity contribution is -0.121. The summed E-state index contributed by atoms with van der Waals surface area (Å²) >= 11 is 0. The number of hydrogen-bond donors (Lipinski definition) is 2. The van der Waals surface area contributed by atoms with Crippen LogP contribution in [0.25, 0.3) is 0 Å². The monoisotopic (exact) mass is 189 g/mol. The lowest BCUT2D eigenvalue weighted by Crippen LogP contribution is -2.34. The number of aliphatic hydroxyl groups excluding tert-OH is 1. The van der Waals surface area contributed by atoms with E-state index in [0.717, 1.165) is 0 Å². The fraction of sp³-hybridized carbons (Fsp3) is 0.889. The van der Waals surface area contributed by atoms with Crippen LogP contribution >= 0.6 is 0 Å². The van der Waals surface area contributed by atoms with E-state index in [1.165, 1.54) is 0 Å². The van der Waals surface area contributed by atoms with E-state index in [9.17, 15) is 9.90 Å². The maximum Gasteiger partial charge on any atom is 0.219 e. The summed E-state index contributed by atoms with van der Waals surface area (Å²) in [5.41, 5.74) is 0. The summed E-state index contributed by atoms with van der Waals surface area (Å²) in [5.74, 6) is -0.0522. The van der Waals surface area contributed by atoms with Crippen molar-refractivity contribution in [2.75, 3.05) is 13.2 Å². The van der Waals surface area contributed by atoms with Crippen molar-refractivity contribution in [1.82, 2.24) is 5.32 Å². The van der Waals surface area contributed by atoms with Gasteiger partial charge in [-0.15, -0.1) is 0 Å². The molecule has 0 aromatic heterocycles. The van der Waals surface area contributed by atoms with Crippen molar-refractivity contribution in [3.8, 4) is 0 Å². The number of nitrogens with one attached hydrogen (secondary N) is 1. The van der Waals surface area contributed by atoms with Crippen LogP contribution in [0.2, 0.25) is 0 Å². The minimum Gasteiger partial charge on any atom is -0.389 e. The van der Waals surface area contributed by atoms with Gasteiger partial charge in [-0.05, 0) is 13.8 Å².